The van der Waals surface area contributed by atoms with Crippen molar-refractivity contribution in [2.24, 2.45) is 5.73 Å². The third kappa shape index (κ3) is 10.5. The SMILES string of the molecule is CCCCCCC(Cl)CN.Cl. The summed E-state index contributed by atoms with van der Waals surface area (Å²) in [7, 11) is 0. The second kappa shape index (κ2) is 10.5. The van der Waals surface area contributed by atoms with Crippen molar-refractivity contribution in [1.82, 2.24) is 0 Å². The van der Waals surface area contributed by atoms with Gasteiger partial charge >= 0.3 is 0 Å². The van der Waals surface area contributed by atoms with Crippen LogP contribution < -0.4 is 5.73 Å². The molecule has 0 aliphatic rings. The third-order valence-corrected chi connectivity index (χ3v) is 2.02. The minimum atomic E-state index is 0. The van der Waals surface area contributed by atoms with Crippen LogP contribution >= 0.6 is 24.0 Å². The maximum atomic E-state index is 5.82. The van der Waals surface area contributed by atoms with Gasteiger partial charge in [0.2, 0.25) is 0 Å². The predicted octanol–water partition coefficient (Wildman–Crippen LogP) is 2.94. The molecule has 3 heteroatoms. The smallest absolute Gasteiger partial charge is 0.0458 e. The lowest BCUT2D eigenvalue weighted by molar-refractivity contribution is 0.616. The molecule has 11 heavy (non-hydrogen) atoms. The molecule has 0 fully saturated rings. The molecule has 0 saturated heterocycles. The minimum Gasteiger partial charge on any atom is -0.329 e. The largest absolute Gasteiger partial charge is 0.329 e. The van der Waals surface area contributed by atoms with Crippen LogP contribution in [0.3, 0.4) is 0 Å². The van der Waals surface area contributed by atoms with E-state index in [2.05, 4.69) is 6.92 Å². The van der Waals surface area contributed by atoms with Crippen molar-refractivity contribution < 1.29 is 0 Å². The number of hydrogen-bond acceptors (Lipinski definition) is 1. The molecule has 0 aromatic heterocycles. The van der Waals surface area contributed by atoms with E-state index in [9.17, 15) is 0 Å². The molecule has 0 saturated carbocycles. The Balaban J connectivity index is 0. The van der Waals surface area contributed by atoms with Gasteiger partial charge in [-0.25, -0.2) is 0 Å². The van der Waals surface area contributed by atoms with E-state index in [0.717, 1.165) is 6.42 Å². The van der Waals surface area contributed by atoms with Crippen molar-refractivity contribution in [2.45, 2.75) is 44.4 Å². The fourth-order valence-electron chi connectivity index (χ4n) is 0.910. The van der Waals surface area contributed by atoms with Gasteiger partial charge in [-0.2, -0.15) is 0 Å². The Morgan fingerprint density at radius 3 is 2.36 bits per heavy atom. The summed E-state index contributed by atoms with van der Waals surface area (Å²) < 4.78 is 0. The molecule has 70 valence electrons. The number of hydrogen-bond donors (Lipinski definition) is 1. The first-order valence-corrected chi connectivity index (χ1v) is 4.59. The Morgan fingerprint density at radius 2 is 1.91 bits per heavy atom. The molecule has 0 heterocycles. The van der Waals surface area contributed by atoms with Crippen molar-refractivity contribution in [3.05, 3.63) is 0 Å². The predicted molar refractivity (Wildman–Crippen MR) is 54.7 cm³/mol. The van der Waals surface area contributed by atoms with Gasteiger partial charge in [0, 0.05) is 11.9 Å². The lowest BCUT2D eigenvalue weighted by Gasteiger charge is -2.04. The van der Waals surface area contributed by atoms with Crippen molar-refractivity contribution >= 4 is 24.0 Å². The van der Waals surface area contributed by atoms with Gasteiger partial charge in [0.1, 0.15) is 0 Å². The summed E-state index contributed by atoms with van der Waals surface area (Å²) in [5.74, 6) is 0. The normalized spacial score (nSPS) is 12.3. The maximum Gasteiger partial charge on any atom is 0.0458 e. The van der Waals surface area contributed by atoms with Gasteiger partial charge in [0.05, 0.1) is 0 Å². The fraction of sp³-hybridized carbons (Fsp3) is 1.00. The number of nitrogens with two attached hydrogens (primary N) is 1. The first kappa shape index (κ1) is 14.1. The van der Waals surface area contributed by atoms with Crippen LogP contribution in [0.25, 0.3) is 0 Å². The summed E-state index contributed by atoms with van der Waals surface area (Å²) in [5.41, 5.74) is 5.35. The van der Waals surface area contributed by atoms with E-state index in [4.69, 9.17) is 17.3 Å². The lowest BCUT2D eigenvalue weighted by atomic mass is 10.1. The lowest BCUT2D eigenvalue weighted by Crippen LogP contribution is -2.13. The zero-order valence-electron chi connectivity index (χ0n) is 7.18. The van der Waals surface area contributed by atoms with Gasteiger partial charge in [-0.1, -0.05) is 32.6 Å². The number of rotatable bonds is 6. The minimum absolute atomic E-state index is 0. The third-order valence-electron chi connectivity index (χ3n) is 1.63. The monoisotopic (exact) mass is 199 g/mol. The van der Waals surface area contributed by atoms with Crippen LogP contribution in [0.4, 0.5) is 0 Å². The number of alkyl halides is 1. The quantitative estimate of drug-likeness (QED) is 0.517. The topological polar surface area (TPSA) is 26.0 Å². The van der Waals surface area contributed by atoms with Crippen LogP contribution in [0.1, 0.15) is 39.0 Å². The highest BCUT2D eigenvalue weighted by molar-refractivity contribution is 6.20. The molecule has 0 radical (unpaired) electrons. The molecule has 0 amide bonds. The molecule has 0 bridgehead atoms. The Hall–Kier alpha value is 0.540. The highest BCUT2D eigenvalue weighted by Crippen LogP contribution is 2.08. The van der Waals surface area contributed by atoms with Crippen LogP contribution in [0.2, 0.25) is 0 Å². The molecule has 2 N–H and O–H groups in total. The number of halogens is 2. The fourth-order valence-corrected chi connectivity index (χ4v) is 1.06. The van der Waals surface area contributed by atoms with Crippen molar-refractivity contribution in [1.29, 1.82) is 0 Å². The van der Waals surface area contributed by atoms with E-state index >= 15 is 0 Å². The Labute approximate surface area is 81.1 Å². The van der Waals surface area contributed by atoms with E-state index in [1.54, 1.807) is 0 Å². The molecule has 0 spiro atoms. The highest BCUT2D eigenvalue weighted by atomic mass is 35.5. The van der Waals surface area contributed by atoms with E-state index in [0.29, 0.717) is 6.54 Å². The average molecular weight is 200 g/mol. The van der Waals surface area contributed by atoms with Gasteiger partial charge < -0.3 is 5.73 Å². The second-order valence-electron chi connectivity index (χ2n) is 2.68. The Morgan fingerprint density at radius 1 is 1.27 bits per heavy atom. The molecule has 1 nitrogen and oxygen atoms in total. The number of unbranched alkanes of at least 4 members (excludes halogenated alkanes) is 3. The van der Waals surface area contributed by atoms with Gasteiger partial charge in [-0.05, 0) is 6.42 Å². The molecule has 0 rings (SSSR count). The summed E-state index contributed by atoms with van der Waals surface area (Å²) in [4.78, 5) is 0. The van der Waals surface area contributed by atoms with Gasteiger partial charge in [-0.3, -0.25) is 0 Å². The molecular weight excluding hydrogens is 181 g/mol. The van der Waals surface area contributed by atoms with Gasteiger partial charge in [0.25, 0.3) is 0 Å². The zero-order chi connectivity index (χ0) is 7.82. The molecule has 1 unspecified atom stereocenters. The van der Waals surface area contributed by atoms with E-state index in [1.807, 2.05) is 0 Å². The van der Waals surface area contributed by atoms with E-state index < -0.39 is 0 Å². The second-order valence-corrected chi connectivity index (χ2v) is 3.30. The molecule has 0 aromatic carbocycles. The molecule has 0 aromatic rings. The van der Waals surface area contributed by atoms with Gasteiger partial charge in [0.15, 0.2) is 0 Å². The van der Waals surface area contributed by atoms with Crippen LogP contribution in [-0.2, 0) is 0 Å². The Bertz CT molecular complexity index is 69.1. The van der Waals surface area contributed by atoms with Crippen molar-refractivity contribution in [3.8, 4) is 0 Å². The van der Waals surface area contributed by atoms with Crippen LogP contribution in [0, 0.1) is 0 Å². The van der Waals surface area contributed by atoms with Crippen molar-refractivity contribution in [3.63, 3.8) is 0 Å². The highest BCUT2D eigenvalue weighted by Gasteiger charge is 1.99. The first-order chi connectivity index (χ1) is 4.81. The van der Waals surface area contributed by atoms with Crippen LogP contribution in [0.5, 0.6) is 0 Å². The van der Waals surface area contributed by atoms with Crippen molar-refractivity contribution in [2.75, 3.05) is 6.54 Å². The summed E-state index contributed by atoms with van der Waals surface area (Å²) in [6, 6.07) is 0. The van der Waals surface area contributed by atoms with Crippen LogP contribution in [-0.4, -0.2) is 11.9 Å². The zero-order valence-corrected chi connectivity index (χ0v) is 8.76. The summed E-state index contributed by atoms with van der Waals surface area (Å²) in [6.07, 6.45) is 6.24. The maximum absolute atomic E-state index is 5.82. The van der Waals surface area contributed by atoms with Crippen LogP contribution in [0.15, 0.2) is 0 Å². The first-order valence-electron chi connectivity index (χ1n) is 4.15. The molecule has 0 aliphatic carbocycles. The average Bonchev–Trinajstić information content (AvgIpc) is 1.98. The summed E-state index contributed by atoms with van der Waals surface area (Å²) in [5, 5.41) is 0.205. The molecule has 1 atom stereocenters. The standard InChI is InChI=1S/C8H18ClN.ClH/c1-2-3-4-5-6-8(9)7-10;/h8H,2-7,10H2,1H3;1H. The molecule has 0 aliphatic heterocycles. The molecular formula is C8H19Cl2N. The Kier molecular flexibility index (Phi) is 13.5. The van der Waals surface area contributed by atoms with E-state index in [1.165, 1.54) is 25.7 Å². The summed E-state index contributed by atoms with van der Waals surface area (Å²) >= 11 is 5.82. The van der Waals surface area contributed by atoms with Gasteiger partial charge in [-0.15, -0.1) is 24.0 Å². The summed E-state index contributed by atoms with van der Waals surface area (Å²) in [6.45, 7) is 2.83. The van der Waals surface area contributed by atoms with E-state index in [-0.39, 0.29) is 17.8 Å².